The van der Waals surface area contributed by atoms with E-state index in [1.54, 1.807) is 4.90 Å². The maximum atomic E-state index is 12.3. The molecule has 0 spiro atoms. The summed E-state index contributed by atoms with van der Waals surface area (Å²) in [6.45, 7) is 2.37. The summed E-state index contributed by atoms with van der Waals surface area (Å²) in [5, 5.41) is 0. The highest BCUT2D eigenvalue weighted by Crippen LogP contribution is 2.20. The van der Waals surface area contributed by atoms with Crippen LogP contribution < -0.4 is 0 Å². The number of rotatable bonds is 3. The monoisotopic (exact) mass is 357 g/mol. The summed E-state index contributed by atoms with van der Waals surface area (Å²) < 4.78 is 23.0. The third-order valence-electron chi connectivity index (χ3n) is 5.16. The Kier molecular flexibility index (Phi) is 4.91. The van der Waals surface area contributed by atoms with Crippen molar-refractivity contribution in [1.82, 2.24) is 14.7 Å². The lowest BCUT2D eigenvalue weighted by Crippen LogP contribution is -2.55. The van der Waals surface area contributed by atoms with Gasteiger partial charge in [0, 0.05) is 45.1 Å². The minimum Gasteiger partial charge on any atom is -0.339 e. The van der Waals surface area contributed by atoms with Crippen LogP contribution in [0.25, 0.3) is 0 Å². The zero-order valence-electron chi connectivity index (χ0n) is 13.6. The lowest BCUT2D eigenvalue weighted by Gasteiger charge is -2.40. The van der Waals surface area contributed by atoms with Crippen molar-refractivity contribution in [1.29, 1.82) is 0 Å². The fourth-order valence-electron chi connectivity index (χ4n) is 3.61. The summed E-state index contributed by atoms with van der Waals surface area (Å²) in [6.07, 6.45) is 1.72. The van der Waals surface area contributed by atoms with E-state index in [2.05, 4.69) is 4.90 Å². The van der Waals surface area contributed by atoms with Crippen LogP contribution in [0, 0.1) is 0 Å². The first-order valence-corrected chi connectivity index (χ1v) is 10.2. The van der Waals surface area contributed by atoms with Crippen molar-refractivity contribution in [3.63, 3.8) is 0 Å². The number of hydrogen-bond acceptors (Lipinski definition) is 6. The van der Waals surface area contributed by atoms with Crippen LogP contribution in [-0.2, 0) is 24.2 Å². The number of hydrogen-bond donors (Lipinski definition) is 0. The number of carbonyl (C=O) groups excluding carboxylic acids is 3. The summed E-state index contributed by atoms with van der Waals surface area (Å²) in [5.74, 6) is -0.235. The van der Waals surface area contributed by atoms with Crippen LogP contribution in [0.3, 0.4) is 0 Å². The van der Waals surface area contributed by atoms with E-state index in [-0.39, 0.29) is 54.7 Å². The number of piperazine rings is 1. The third-order valence-corrected chi connectivity index (χ3v) is 6.87. The molecular formula is C15H23N3O5S. The Morgan fingerprint density at radius 2 is 1.50 bits per heavy atom. The van der Waals surface area contributed by atoms with Crippen molar-refractivity contribution < 1.29 is 22.8 Å². The van der Waals surface area contributed by atoms with Crippen LogP contribution in [-0.4, -0.2) is 91.1 Å². The van der Waals surface area contributed by atoms with E-state index in [4.69, 9.17) is 0 Å². The molecule has 0 aromatic carbocycles. The van der Waals surface area contributed by atoms with Crippen molar-refractivity contribution in [3.05, 3.63) is 0 Å². The van der Waals surface area contributed by atoms with E-state index in [0.29, 0.717) is 39.0 Å². The molecule has 0 N–H and O–H groups in total. The van der Waals surface area contributed by atoms with E-state index in [1.807, 2.05) is 0 Å². The van der Waals surface area contributed by atoms with Gasteiger partial charge in [0.25, 0.3) is 0 Å². The number of nitrogens with zero attached hydrogens (tertiary/aromatic N) is 3. The summed E-state index contributed by atoms with van der Waals surface area (Å²) in [4.78, 5) is 40.5. The van der Waals surface area contributed by atoms with Gasteiger partial charge in [0.1, 0.15) is 16.4 Å². The molecule has 3 saturated heterocycles. The minimum absolute atomic E-state index is 0.153. The van der Waals surface area contributed by atoms with E-state index >= 15 is 0 Å². The van der Waals surface area contributed by atoms with Gasteiger partial charge >= 0.3 is 0 Å². The van der Waals surface area contributed by atoms with E-state index in [1.165, 1.54) is 0 Å². The molecule has 0 saturated carbocycles. The topological polar surface area (TPSA) is 95.1 Å². The molecule has 0 aliphatic carbocycles. The average Bonchev–Trinajstić information content (AvgIpc) is 2.87. The van der Waals surface area contributed by atoms with Crippen LogP contribution in [0.2, 0.25) is 0 Å². The summed E-state index contributed by atoms with van der Waals surface area (Å²) in [6, 6.07) is 0.271. The van der Waals surface area contributed by atoms with Gasteiger partial charge in [-0.2, -0.15) is 0 Å². The van der Waals surface area contributed by atoms with Gasteiger partial charge < -0.3 is 4.90 Å². The first-order valence-electron chi connectivity index (χ1n) is 8.41. The van der Waals surface area contributed by atoms with Crippen LogP contribution in [0.4, 0.5) is 0 Å². The van der Waals surface area contributed by atoms with Gasteiger partial charge in [-0.05, 0) is 12.8 Å². The molecule has 0 bridgehead atoms. The van der Waals surface area contributed by atoms with Gasteiger partial charge in [-0.15, -0.1) is 0 Å². The number of sulfone groups is 1. The van der Waals surface area contributed by atoms with Crippen molar-refractivity contribution >= 4 is 27.6 Å². The second-order valence-electron chi connectivity index (χ2n) is 6.67. The Morgan fingerprint density at radius 3 is 2.04 bits per heavy atom. The molecule has 0 unspecified atom stereocenters. The molecule has 24 heavy (non-hydrogen) atoms. The number of imide groups is 1. The summed E-state index contributed by atoms with van der Waals surface area (Å²) >= 11 is 0. The minimum atomic E-state index is -2.86. The Labute approximate surface area is 141 Å². The smallest absolute Gasteiger partial charge is 0.242 e. The van der Waals surface area contributed by atoms with Crippen LogP contribution in [0.1, 0.15) is 25.7 Å². The van der Waals surface area contributed by atoms with Gasteiger partial charge in [0.05, 0.1) is 11.5 Å². The zero-order chi connectivity index (χ0) is 17.3. The van der Waals surface area contributed by atoms with Gasteiger partial charge in [0.2, 0.25) is 17.7 Å². The zero-order valence-corrected chi connectivity index (χ0v) is 14.5. The largest absolute Gasteiger partial charge is 0.339 e. The molecule has 134 valence electrons. The molecule has 3 aliphatic heterocycles. The molecule has 0 aromatic rings. The third kappa shape index (κ3) is 3.77. The van der Waals surface area contributed by atoms with E-state index in [9.17, 15) is 22.8 Å². The molecule has 3 aliphatic rings. The maximum Gasteiger partial charge on any atom is 0.242 e. The SMILES string of the molecule is O=C(CN1C(=O)CCC1=O)N1CCN(C2CCS(=O)(=O)CC2)CC1. The fraction of sp³-hybridized carbons (Fsp3) is 0.800. The van der Waals surface area contributed by atoms with Gasteiger partial charge in [-0.1, -0.05) is 0 Å². The number of amides is 3. The lowest BCUT2D eigenvalue weighted by molar-refractivity contribution is -0.146. The highest BCUT2D eigenvalue weighted by atomic mass is 32.2. The predicted octanol–water partition coefficient (Wildman–Crippen LogP) is -1.14. The number of likely N-dealkylation sites (tertiary alicyclic amines) is 1. The Balaban J connectivity index is 1.47. The average molecular weight is 357 g/mol. The predicted molar refractivity (Wildman–Crippen MR) is 85.8 cm³/mol. The maximum absolute atomic E-state index is 12.3. The standard InChI is InChI=1S/C15H23N3O5S/c19-13-1-2-14(20)18(13)11-15(21)17-7-5-16(6-8-17)12-3-9-24(22,23)10-4-12/h12H,1-11H2. The normalized spacial score (nSPS) is 26.2. The van der Waals surface area contributed by atoms with Crippen molar-refractivity contribution in [2.24, 2.45) is 0 Å². The Bertz CT molecular complexity index is 609. The second-order valence-corrected chi connectivity index (χ2v) is 8.98. The molecule has 3 rings (SSSR count). The second kappa shape index (κ2) is 6.79. The molecule has 3 heterocycles. The Morgan fingerprint density at radius 1 is 0.958 bits per heavy atom. The first kappa shape index (κ1) is 17.3. The molecule has 0 atom stereocenters. The van der Waals surface area contributed by atoms with E-state index in [0.717, 1.165) is 4.90 Å². The molecule has 0 radical (unpaired) electrons. The molecule has 3 fully saturated rings. The van der Waals surface area contributed by atoms with Gasteiger partial charge in [0.15, 0.2) is 0 Å². The van der Waals surface area contributed by atoms with Gasteiger partial charge in [-0.3, -0.25) is 24.2 Å². The highest BCUT2D eigenvalue weighted by molar-refractivity contribution is 7.91. The molecule has 8 nitrogen and oxygen atoms in total. The van der Waals surface area contributed by atoms with Crippen LogP contribution in [0.15, 0.2) is 0 Å². The Hall–Kier alpha value is -1.48. The summed E-state index contributed by atoms with van der Waals surface area (Å²) in [7, 11) is -2.86. The van der Waals surface area contributed by atoms with Crippen LogP contribution in [0.5, 0.6) is 0 Å². The van der Waals surface area contributed by atoms with Gasteiger partial charge in [-0.25, -0.2) is 8.42 Å². The van der Waals surface area contributed by atoms with Crippen molar-refractivity contribution in [2.45, 2.75) is 31.7 Å². The van der Waals surface area contributed by atoms with E-state index < -0.39 is 9.84 Å². The van der Waals surface area contributed by atoms with Crippen molar-refractivity contribution in [2.75, 3.05) is 44.2 Å². The molecule has 0 aromatic heterocycles. The highest BCUT2D eigenvalue weighted by Gasteiger charge is 2.34. The van der Waals surface area contributed by atoms with Crippen LogP contribution >= 0.6 is 0 Å². The number of carbonyl (C=O) groups is 3. The summed E-state index contributed by atoms with van der Waals surface area (Å²) in [5.41, 5.74) is 0. The molecule has 9 heteroatoms. The quantitative estimate of drug-likeness (QED) is 0.593. The molecule has 3 amide bonds. The lowest BCUT2D eigenvalue weighted by atomic mass is 10.1. The fourth-order valence-corrected chi connectivity index (χ4v) is 5.08. The molecular weight excluding hydrogens is 334 g/mol. The van der Waals surface area contributed by atoms with Crippen molar-refractivity contribution in [3.8, 4) is 0 Å². The first-order chi connectivity index (χ1) is 11.4.